The third-order valence-corrected chi connectivity index (χ3v) is 5.47. The van der Waals surface area contributed by atoms with Crippen LogP contribution in [0, 0.1) is 5.92 Å². The number of nitrogens with two attached hydrogens (primary N) is 1. The normalized spacial score (nSPS) is 15.1. The van der Waals surface area contributed by atoms with Gasteiger partial charge >= 0.3 is 0 Å². The van der Waals surface area contributed by atoms with Gasteiger partial charge in [-0.25, -0.2) is 8.42 Å². The Hall–Kier alpha value is -1.34. The Labute approximate surface area is 122 Å². The van der Waals surface area contributed by atoms with Crippen LogP contribution in [0.5, 0.6) is 0 Å². The largest absolute Gasteiger partial charge is 0.396 e. The summed E-state index contributed by atoms with van der Waals surface area (Å²) >= 11 is 1.13. The summed E-state index contributed by atoms with van der Waals surface area (Å²) in [6.45, 7) is 6.04. The first-order valence-electron chi connectivity index (χ1n) is 6.26. The Morgan fingerprint density at radius 2 is 2.10 bits per heavy atom. The van der Waals surface area contributed by atoms with E-state index >= 15 is 0 Å². The van der Waals surface area contributed by atoms with Crippen molar-refractivity contribution in [3.8, 4) is 0 Å². The van der Waals surface area contributed by atoms with Gasteiger partial charge in [0.25, 0.3) is 0 Å². The van der Waals surface area contributed by atoms with Gasteiger partial charge in [0.1, 0.15) is 9.90 Å². The van der Waals surface area contributed by atoms with E-state index in [2.05, 4.69) is 11.9 Å². The van der Waals surface area contributed by atoms with Gasteiger partial charge in [-0.1, -0.05) is 12.2 Å². The maximum Gasteiger partial charge on any atom is 0.180 e. The van der Waals surface area contributed by atoms with Crippen molar-refractivity contribution in [2.75, 3.05) is 23.9 Å². The molecule has 20 heavy (non-hydrogen) atoms. The molecule has 0 atom stereocenters. The number of sulfone groups is 1. The van der Waals surface area contributed by atoms with Crippen LogP contribution < -0.4 is 11.1 Å². The van der Waals surface area contributed by atoms with E-state index in [1.54, 1.807) is 0 Å². The lowest BCUT2D eigenvalue weighted by molar-refractivity contribution is 0.0972. The average molecular weight is 314 g/mol. The summed E-state index contributed by atoms with van der Waals surface area (Å²) in [6, 6.07) is 0. The monoisotopic (exact) mass is 314 g/mol. The van der Waals surface area contributed by atoms with Crippen LogP contribution in [0.3, 0.4) is 0 Å². The van der Waals surface area contributed by atoms with Crippen molar-refractivity contribution in [2.24, 2.45) is 5.92 Å². The molecule has 0 unspecified atom stereocenters. The van der Waals surface area contributed by atoms with Gasteiger partial charge in [0.15, 0.2) is 15.6 Å². The molecule has 1 aliphatic rings. The molecule has 0 spiro atoms. The zero-order chi connectivity index (χ0) is 15.1. The van der Waals surface area contributed by atoms with Gasteiger partial charge in [0, 0.05) is 18.7 Å². The number of nitrogens with one attached hydrogen (secondary N) is 1. The highest BCUT2D eigenvalue weighted by atomic mass is 32.2. The number of Topliss-reactive ketones (excluding diaryl/α,β-unsaturated/α-hetero) is 1. The molecule has 0 bridgehead atoms. The molecule has 2 rings (SSSR count). The second-order valence-electron chi connectivity index (χ2n) is 5.22. The van der Waals surface area contributed by atoms with Crippen LogP contribution in [0.2, 0.25) is 0 Å². The van der Waals surface area contributed by atoms with Gasteiger partial charge in [0.05, 0.1) is 10.6 Å². The fraction of sp³-hybridized carbons (Fsp3) is 0.462. The number of anilines is 2. The zero-order valence-electron chi connectivity index (χ0n) is 11.5. The van der Waals surface area contributed by atoms with Gasteiger partial charge in [0.2, 0.25) is 0 Å². The van der Waals surface area contributed by atoms with E-state index in [4.69, 9.17) is 5.73 Å². The molecule has 1 aromatic heterocycles. The molecule has 1 aliphatic carbocycles. The SMILES string of the molecule is C=C(C)CNc1sc(C(=O)C2CC2)c(N)c1S(C)(=O)=O. The molecule has 0 aliphatic heterocycles. The lowest BCUT2D eigenvalue weighted by Crippen LogP contribution is -2.08. The third kappa shape index (κ3) is 3.04. The molecular weight excluding hydrogens is 296 g/mol. The van der Waals surface area contributed by atoms with Crippen LogP contribution >= 0.6 is 11.3 Å². The number of carbonyl (C=O) groups is 1. The highest BCUT2D eigenvalue weighted by molar-refractivity contribution is 7.91. The number of nitrogen functional groups attached to an aromatic ring is 1. The van der Waals surface area contributed by atoms with Crippen molar-refractivity contribution in [3.05, 3.63) is 17.0 Å². The van der Waals surface area contributed by atoms with Crippen molar-refractivity contribution in [1.29, 1.82) is 0 Å². The molecule has 0 aromatic carbocycles. The highest BCUT2D eigenvalue weighted by Crippen LogP contribution is 2.43. The molecule has 1 aromatic rings. The number of carbonyl (C=O) groups excluding carboxylic acids is 1. The minimum atomic E-state index is -3.49. The van der Waals surface area contributed by atoms with E-state index in [1.807, 2.05) is 6.92 Å². The summed E-state index contributed by atoms with van der Waals surface area (Å²) in [5, 5.41) is 3.43. The summed E-state index contributed by atoms with van der Waals surface area (Å²) in [4.78, 5) is 12.5. The Bertz CT molecular complexity index is 670. The Morgan fingerprint density at radius 3 is 2.55 bits per heavy atom. The summed E-state index contributed by atoms with van der Waals surface area (Å²) in [5.74, 6) is -0.0295. The van der Waals surface area contributed by atoms with Crippen molar-refractivity contribution >= 4 is 37.6 Å². The first kappa shape index (κ1) is 15.1. The molecule has 110 valence electrons. The predicted molar refractivity (Wildman–Crippen MR) is 82.2 cm³/mol. The number of hydrogen-bond donors (Lipinski definition) is 2. The lowest BCUT2D eigenvalue weighted by atomic mass is 10.2. The van der Waals surface area contributed by atoms with Crippen LogP contribution in [-0.2, 0) is 9.84 Å². The molecule has 1 saturated carbocycles. The van der Waals surface area contributed by atoms with Gasteiger partial charge < -0.3 is 11.1 Å². The van der Waals surface area contributed by atoms with Gasteiger partial charge in [-0.3, -0.25) is 4.79 Å². The maximum atomic E-state index is 12.1. The average Bonchev–Trinajstić information content (AvgIpc) is 3.08. The molecule has 0 radical (unpaired) electrons. The molecule has 7 heteroatoms. The smallest absolute Gasteiger partial charge is 0.180 e. The zero-order valence-corrected chi connectivity index (χ0v) is 13.2. The van der Waals surface area contributed by atoms with E-state index in [1.165, 1.54) is 0 Å². The van der Waals surface area contributed by atoms with E-state index in [0.717, 1.165) is 36.0 Å². The summed E-state index contributed by atoms with van der Waals surface area (Å²) in [6.07, 6.45) is 2.82. The fourth-order valence-corrected chi connectivity index (χ4v) is 4.44. The number of thiophene rings is 1. The highest BCUT2D eigenvalue weighted by Gasteiger charge is 2.35. The number of hydrogen-bond acceptors (Lipinski definition) is 6. The standard InChI is InChI=1S/C13H18N2O3S2/c1-7(2)6-15-13-12(20(3,17)18)9(14)11(19-13)10(16)8-4-5-8/h8,15H,1,4-6,14H2,2-3H3. The summed E-state index contributed by atoms with van der Waals surface area (Å²) in [7, 11) is -3.49. The predicted octanol–water partition coefficient (Wildman–Crippen LogP) is 2.31. The molecule has 1 fully saturated rings. The first-order valence-corrected chi connectivity index (χ1v) is 8.97. The van der Waals surface area contributed by atoms with E-state index in [-0.39, 0.29) is 22.3 Å². The van der Waals surface area contributed by atoms with Crippen LogP contribution in [0.4, 0.5) is 10.7 Å². The minimum Gasteiger partial charge on any atom is -0.396 e. The molecule has 1 heterocycles. The second kappa shape index (κ2) is 5.21. The maximum absolute atomic E-state index is 12.1. The Morgan fingerprint density at radius 1 is 1.50 bits per heavy atom. The van der Waals surface area contributed by atoms with Crippen LogP contribution in [-0.4, -0.2) is 27.0 Å². The molecule has 5 nitrogen and oxygen atoms in total. The van der Waals surface area contributed by atoms with Crippen molar-refractivity contribution in [1.82, 2.24) is 0 Å². The van der Waals surface area contributed by atoms with Crippen LogP contribution in [0.1, 0.15) is 29.4 Å². The summed E-state index contributed by atoms with van der Waals surface area (Å²) < 4.78 is 23.8. The van der Waals surface area contributed by atoms with Crippen molar-refractivity contribution < 1.29 is 13.2 Å². The molecule has 0 amide bonds. The van der Waals surface area contributed by atoms with Crippen molar-refractivity contribution in [3.63, 3.8) is 0 Å². The summed E-state index contributed by atoms with van der Waals surface area (Å²) in [5.41, 5.74) is 6.86. The third-order valence-electron chi connectivity index (χ3n) is 2.99. The minimum absolute atomic E-state index is 0.0114. The fourth-order valence-electron chi connectivity index (χ4n) is 1.86. The first-order chi connectivity index (χ1) is 9.21. The quantitative estimate of drug-likeness (QED) is 0.621. The van der Waals surface area contributed by atoms with Crippen LogP contribution in [0.25, 0.3) is 0 Å². The Balaban J connectivity index is 2.45. The Kier molecular flexibility index (Phi) is 3.93. The topological polar surface area (TPSA) is 89.3 Å². The molecule has 0 saturated heterocycles. The lowest BCUT2D eigenvalue weighted by Gasteiger charge is -2.06. The van der Waals surface area contributed by atoms with Crippen LogP contribution in [0.15, 0.2) is 17.0 Å². The van der Waals surface area contributed by atoms with E-state index in [0.29, 0.717) is 16.4 Å². The van der Waals surface area contributed by atoms with Gasteiger partial charge in [-0.2, -0.15) is 0 Å². The molecular formula is C13H18N2O3S2. The van der Waals surface area contributed by atoms with Gasteiger partial charge in [-0.05, 0) is 19.8 Å². The van der Waals surface area contributed by atoms with Gasteiger partial charge in [-0.15, -0.1) is 11.3 Å². The van der Waals surface area contributed by atoms with E-state index in [9.17, 15) is 13.2 Å². The number of rotatable bonds is 6. The molecule has 3 N–H and O–H groups in total. The van der Waals surface area contributed by atoms with Crippen molar-refractivity contribution in [2.45, 2.75) is 24.7 Å². The second-order valence-corrected chi connectivity index (χ2v) is 8.20. The number of ketones is 1. The van der Waals surface area contributed by atoms with E-state index < -0.39 is 9.84 Å².